The maximum atomic E-state index is 12.0. The summed E-state index contributed by atoms with van der Waals surface area (Å²) in [6.45, 7) is 2.84. The van der Waals surface area contributed by atoms with Crippen LogP contribution in [0.1, 0.15) is 43.0 Å². The number of phenols is 1. The summed E-state index contributed by atoms with van der Waals surface area (Å²) in [6, 6.07) is 4.54. The van der Waals surface area contributed by atoms with Gasteiger partial charge in [0.25, 0.3) is 5.91 Å². The van der Waals surface area contributed by atoms with Gasteiger partial charge in [-0.2, -0.15) is 0 Å². The molecule has 3 nitrogen and oxygen atoms in total. The lowest BCUT2D eigenvalue weighted by Crippen LogP contribution is -2.41. The zero-order valence-corrected chi connectivity index (χ0v) is 11.3. The third-order valence-corrected chi connectivity index (χ3v) is 4.23. The number of aromatic hydroxyl groups is 1. The van der Waals surface area contributed by atoms with E-state index < -0.39 is 0 Å². The lowest BCUT2D eigenvalue weighted by molar-refractivity contribution is 0.0847. The minimum Gasteiger partial charge on any atom is -0.507 e. The average molecular weight is 268 g/mol. The molecule has 0 bridgehead atoms. The summed E-state index contributed by atoms with van der Waals surface area (Å²) in [5.41, 5.74) is 0.558. The van der Waals surface area contributed by atoms with Gasteiger partial charge in [0.1, 0.15) is 5.75 Å². The van der Waals surface area contributed by atoms with Crippen molar-refractivity contribution in [1.29, 1.82) is 0 Å². The first-order valence-corrected chi connectivity index (χ1v) is 6.71. The van der Waals surface area contributed by atoms with E-state index in [4.69, 9.17) is 11.6 Å². The first-order chi connectivity index (χ1) is 8.56. The molecular weight excluding hydrogens is 250 g/mol. The van der Waals surface area contributed by atoms with E-state index >= 15 is 0 Å². The number of rotatable bonds is 4. The van der Waals surface area contributed by atoms with Crippen molar-refractivity contribution in [3.8, 4) is 5.75 Å². The molecule has 2 rings (SSSR count). The van der Waals surface area contributed by atoms with Gasteiger partial charge in [0, 0.05) is 11.6 Å². The van der Waals surface area contributed by atoms with Crippen LogP contribution in [0.4, 0.5) is 0 Å². The van der Waals surface area contributed by atoms with Crippen LogP contribution in [0.25, 0.3) is 0 Å². The van der Waals surface area contributed by atoms with E-state index in [9.17, 15) is 9.90 Å². The van der Waals surface area contributed by atoms with Crippen molar-refractivity contribution in [3.63, 3.8) is 0 Å². The first-order valence-electron chi connectivity index (χ1n) is 6.33. The summed E-state index contributed by atoms with van der Waals surface area (Å²) < 4.78 is 0. The minimum absolute atomic E-state index is 0.0702. The summed E-state index contributed by atoms with van der Waals surface area (Å²) in [5, 5.41) is 13.0. The molecule has 0 aliphatic heterocycles. The molecule has 1 aromatic rings. The fourth-order valence-corrected chi connectivity index (χ4v) is 2.56. The number of carbonyl (C=O) groups excluding carboxylic acids is 1. The van der Waals surface area contributed by atoms with E-state index in [1.807, 2.05) is 0 Å². The number of hydrogen-bond acceptors (Lipinski definition) is 2. The Morgan fingerprint density at radius 3 is 2.72 bits per heavy atom. The molecule has 1 fully saturated rings. The van der Waals surface area contributed by atoms with Gasteiger partial charge in [0.05, 0.1) is 5.56 Å². The number of benzene rings is 1. The maximum Gasteiger partial charge on any atom is 0.255 e. The third kappa shape index (κ3) is 2.61. The fraction of sp³-hybridized carbons (Fsp3) is 0.500. The molecule has 0 unspecified atom stereocenters. The van der Waals surface area contributed by atoms with Crippen molar-refractivity contribution in [2.24, 2.45) is 5.41 Å². The largest absolute Gasteiger partial charge is 0.507 e. The molecule has 18 heavy (non-hydrogen) atoms. The van der Waals surface area contributed by atoms with Crippen LogP contribution in [0.3, 0.4) is 0 Å². The van der Waals surface area contributed by atoms with Gasteiger partial charge >= 0.3 is 0 Å². The zero-order chi connectivity index (χ0) is 13.2. The van der Waals surface area contributed by atoms with Gasteiger partial charge in [-0.3, -0.25) is 4.79 Å². The number of phenolic OH excluding ortho intramolecular Hbond substituents is 1. The Hall–Kier alpha value is -1.22. The van der Waals surface area contributed by atoms with Crippen molar-refractivity contribution >= 4 is 17.5 Å². The van der Waals surface area contributed by atoms with Crippen LogP contribution in [0.2, 0.25) is 5.02 Å². The average Bonchev–Trinajstić information content (AvgIpc) is 2.27. The Bertz CT molecular complexity index is 450. The summed E-state index contributed by atoms with van der Waals surface area (Å²) in [6.07, 6.45) is 4.68. The Morgan fingerprint density at radius 1 is 1.50 bits per heavy atom. The van der Waals surface area contributed by atoms with Crippen LogP contribution >= 0.6 is 11.6 Å². The summed E-state index contributed by atoms with van der Waals surface area (Å²) in [7, 11) is 0. The van der Waals surface area contributed by atoms with Crippen LogP contribution in [0, 0.1) is 5.41 Å². The SMILES string of the molecule is CCC1(CNC(=O)c2ccc(Cl)cc2O)CCC1. The standard InChI is InChI=1S/C14H18ClNO2/c1-2-14(6-3-7-14)9-16-13(18)11-5-4-10(15)8-12(11)17/h4-5,8,17H,2-3,6-7,9H2,1H3,(H,16,18). The Morgan fingerprint density at radius 2 is 2.22 bits per heavy atom. The Balaban J connectivity index is 1.99. The molecule has 1 aromatic carbocycles. The van der Waals surface area contributed by atoms with E-state index in [0.717, 1.165) is 6.42 Å². The molecule has 0 saturated heterocycles. The zero-order valence-electron chi connectivity index (χ0n) is 10.5. The molecule has 0 aromatic heterocycles. The number of carbonyl (C=O) groups is 1. The van der Waals surface area contributed by atoms with Gasteiger partial charge in [0.15, 0.2) is 0 Å². The lowest BCUT2D eigenvalue weighted by atomic mass is 9.67. The molecule has 1 aliphatic rings. The van der Waals surface area contributed by atoms with E-state index in [1.165, 1.54) is 25.3 Å². The second-order valence-corrected chi connectivity index (χ2v) is 5.49. The lowest BCUT2D eigenvalue weighted by Gasteiger charge is -2.41. The third-order valence-electron chi connectivity index (χ3n) is 3.99. The highest BCUT2D eigenvalue weighted by Crippen LogP contribution is 2.43. The molecule has 0 atom stereocenters. The normalized spacial score (nSPS) is 17.0. The molecule has 1 aliphatic carbocycles. The van der Waals surface area contributed by atoms with Gasteiger partial charge in [0.2, 0.25) is 0 Å². The van der Waals surface area contributed by atoms with E-state index in [0.29, 0.717) is 11.6 Å². The maximum absolute atomic E-state index is 12.0. The second kappa shape index (κ2) is 5.19. The molecule has 0 heterocycles. The van der Waals surface area contributed by atoms with Crippen molar-refractivity contribution in [2.75, 3.05) is 6.54 Å². The summed E-state index contributed by atoms with van der Waals surface area (Å²) >= 11 is 5.73. The Kier molecular flexibility index (Phi) is 3.81. The predicted octanol–water partition coefficient (Wildman–Crippen LogP) is 3.36. The predicted molar refractivity (Wildman–Crippen MR) is 72.0 cm³/mol. The molecule has 1 amide bonds. The van der Waals surface area contributed by atoms with Crippen LogP contribution in [-0.4, -0.2) is 17.6 Å². The molecule has 0 spiro atoms. The molecule has 0 radical (unpaired) electrons. The smallest absolute Gasteiger partial charge is 0.255 e. The van der Waals surface area contributed by atoms with Gasteiger partial charge in [-0.15, -0.1) is 0 Å². The highest BCUT2D eigenvalue weighted by atomic mass is 35.5. The van der Waals surface area contributed by atoms with Gasteiger partial charge in [-0.1, -0.05) is 24.9 Å². The molecular formula is C14H18ClNO2. The number of hydrogen-bond donors (Lipinski definition) is 2. The van der Waals surface area contributed by atoms with Crippen LogP contribution in [0.15, 0.2) is 18.2 Å². The minimum atomic E-state index is -0.233. The van der Waals surface area contributed by atoms with Gasteiger partial charge in [-0.05, 0) is 42.9 Å². The van der Waals surface area contributed by atoms with Gasteiger partial charge < -0.3 is 10.4 Å². The Labute approximate surface area is 112 Å². The summed E-state index contributed by atoms with van der Waals surface area (Å²) in [4.78, 5) is 12.0. The number of halogens is 1. The van der Waals surface area contributed by atoms with Crippen molar-refractivity contribution in [1.82, 2.24) is 5.32 Å². The fourth-order valence-electron chi connectivity index (χ4n) is 2.39. The molecule has 1 saturated carbocycles. The van der Waals surface area contributed by atoms with Crippen LogP contribution in [0.5, 0.6) is 5.75 Å². The molecule has 4 heteroatoms. The number of amides is 1. The van der Waals surface area contributed by atoms with Crippen molar-refractivity contribution < 1.29 is 9.90 Å². The topological polar surface area (TPSA) is 49.3 Å². The van der Waals surface area contributed by atoms with Crippen LogP contribution in [-0.2, 0) is 0 Å². The highest BCUT2D eigenvalue weighted by molar-refractivity contribution is 6.30. The summed E-state index contributed by atoms with van der Waals surface area (Å²) in [5.74, 6) is -0.303. The quantitative estimate of drug-likeness (QED) is 0.879. The van der Waals surface area contributed by atoms with E-state index in [2.05, 4.69) is 12.2 Å². The van der Waals surface area contributed by atoms with Gasteiger partial charge in [-0.25, -0.2) is 0 Å². The first kappa shape index (κ1) is 13.2. The van der Waals surface area contributed by atoms with Crippen molar-refractivity contribution in [2.45, 2.75) is 32.6 Å². The second-order valence-electron chi connectivity index (χ2n) is 5.05. The monoisotopic (exact) mass is 267 g/mol. The van der Waals surface area contributed by atoms with E-state index in [1.54, 1.807) is 12.1 Å². The molecule has 98 valence electrons. The van der Waals surface area contributed by atoms with Crippen LogP contribution < -0.4 is 5.32 Å². The van der Waals surface area contributed by atoms with E-state index in [-0.39, 0.29) is 22.6 Å². The molecule has 2 N–H and O–H groups in total. The highest BCUT2D eigenvalue weighted by Gasteiger charge is 2.35. The number of nitrogens with one attached hydrogen (secondary N) is 1. The van der Waals surface area contributed by atoms with Crippen molar-refractivity contribution in [3.05, 3.63) is 28.8 Å².